The van der Waals surface area contributed by atoms with Crippen LogP contribution in [0.4, 0.5) is 5.69 Å². The van der Waals surface area contributed by atoms with Gasteiger partial charge in [-0.15, -0.1) is 11.3 Å². The number of thiophene rings is 1. The molecule has 1 amide bonds. The van der Waals surface area contributed by atoms with Gasteiger partial charge in [0.15, 0.2) is 0 Å². The molecule has 2 aromatic rings. The summed E-state index contributed by atoms with van der Waals surface area (Å²) in [4.78, 5) is 15.1. The summed E-state index contributed by atoms with van der Waals surface area (Å²) in [6, 6.07) is 9.96. The van der Waals surface area contributed by atoms with Gasteiger partial charge in [0.05, 0.1) is 11.6 Å². The number of anilines is 1. The van der Waals surface area contributed by atoms with E-state index in [0.29, 0.717) is 5.56 Å². The smallest absolute Gasteiger partial charge is 0.255 e. The summed E-state index contributed by atoms with van der Waals surface area (Å²) in [5, 5.41) is 5.55. The third kappa shape index (κ3) is 3.02. The van der Waals surface area contributed by atoms with E-state index in [4.69, 9.17) is 0 Å². The molecule has 4 heteroatoms. The van der Waals surface area contributed by atoms with Crippen LogP contribution in [-0.2, 0) is 0 Å². The second-order valence-electron chi connectivity index (χ2n) is 5.08. The maximum absolute atomic E-state index is 12.2. The average Bonchev–Trinajstić information content (AvgIpc) is 2.84. The van der Waals surface area contributed by atoms with Gasteiger partial charge >= 0.3 is 0 Å². The minimum Gasteiger partial charge on any atom is -0.377 e. The first kappa shape index (κ1) is 14.6. The monoisotopic (exact) mass is 288 g/mol. The van der Waals surface area contributed by atoms with E-state index in [1.165, 1.54) is 10.4 Å². The number of hydrogen-bond donors (Lipinski definition) is 1. The molecule has 2 rings (SSSR count). The highest BCUT2D eigenvalue weighted by Crippen LogP contribution is 2.28. The van der Waals surface area contributed by atoms with Crippen molar-refractivity contribution in [3.05, 3.63) is 51.7 Å². The maximum Gasteiger partial charge on any atom is 0.255 e. The van der Waals surface area contributed by atoms with Crippen LogP contribution in [0.1, 0.15) is 33.8 Å². The molecule has 0 spiro atoms. The topological polar surface area (TPSA) is 32.3 Å². The van der Waals surface area contributed by atoms with E-state index < -0.39 is 0 Å². The first-order valence-corrected chi connectivity index (χ1v) is 7.50. The van der Waals surface area contributed by atoms with Crippen LogP contribution in [0.25, 0.3) is 0 Å². The molecule has 0 bridgehead atoms. The first-order valence-electron chi connectivity index (χ1n) is 6.62. The zero-order valence-corrected chi connectivity index (χ0v) is 13.1. The Morgan fingerprint density at radius 1 is 1.25 bits per heavy atom. The lowest BCUT2D eigenvalue weighted by Gasteiger charge is -2.19. The Labute approximate surface area is 124 Å². The minimum absolute atomic E-state index is 0.0169. The molecule has 106 valence electrons. The molecule has 1 aromatic heterocycles. The van der Waals surface area contributed by atoms with Crippen molar-refractivity contribution in [2.24, 2.45) is 0 Å². The van der Waals surface area contributed by atoms with Crippen molar-refractivity contribution in [2.75, 3.05) is 19.4 Å². The van der Waals surface area contributed by atoms with Crippen molar-refractivity contribution in [3.63, 3.8) is 0 Å². The Kier molecular flexibility index (Phi) is 4.45. The lowest BCUT2D eigenvalue weighted by molar-refractivity contribution is 0.0828. The molecule has 20 heavy (non-hydrogen) atoms. The second kappa shape index (κ2) is 6.09. The number of rotatable bonds is 4. The molecule has 1 aromatic carbocycles. The summed E-state index contributed by atoms with van der Waals surface area (Å²) in [5.74, 6) is 0.0169. The van der Waals surface area contributed by atoms with Gasteiger partial charge in [0.1, 0.15) is 0 Å². The molecule has 0 saturated heterocycles. The van der Waals surface area contributed by atoms with Crippen LogP contribution in [0.5, 0.6) is 0 Å². The maximum atomic E-state index is 12.2. The number of benzene rings is 1. The molecule has 0 aliphatic rings. The van der Waals surface area contributed by atoms with Gasteiger partial charge in [-0.25, -0.2) is 0 Å². The van der Waals surface area contributed by atoms with E-state index in [0.717, 1.165) is 5.69 Å². The van der Waals surface area contributed by atoms with Crippen LogP contribution in [0.3, 0.4) is 0 Å². The molecule has 0 aliphatic heterocycles. The quantitative estimate of drug-likeness (QED) is 0.924. The van der Waals surface area contributed by atoms with Crippen LogP contribution in [0.15, 0.2) is 35.7 Å². The van der Waals surface area contributed by atoms with Gasteiger partial charge in [-0.05, 0) is 43.0 Å². The van der Waals surface area contributed by atoms with Crippen molar-refractivity contribution in [1.29, 1.82) is 0 Å². The average molecular weight is 288 g/mol. The molecule has 0 radical (unpaired) electrons. The van der Waals surface area contributed by atoms with Gasteiger partial charge in [-0.2, -0.15) is 0 Å². The standard InChI is InChI=1S/C16H20N2OS/c1-11-9-10-20-15(11)12(2)17-14-8-6-5-7-13(14)16(19)18(3)4/h5-10,12,17H,1-4H3. The fourth-order valence-electron chi connectivity index (χ4n) is 2.16. The van der Waals surface area contributed by atoms with Crippen LogP contribution in [0.2, 0.25) is 0 Å². The Bertz CT molecular complexity index is 604. The third-order valence-corrected chi connectivity index (χ3v) is 4.43. The number of aryl methyl sites for hydroxylation is 1. The fourth-order valence-corrected chi connectivity index (χ4v) is 3.10. The summed E-state index contributed by atoms with van der Waals surface area (Å²) in [7, 11) is 3.54. The zero-order chi connectivity index (χ0) is 14.7. The zero-order valence-electron chi connectivity index (χ0n) is 12.3. The van der Waals surface area contributed by atoms with Gasteiger partial charge < -0.3 is 10.2 Å². The number of nitrogens with one attached hydrogen (secondary N) is 1. The lowest BCUT2D eigenvalue weighted by Crippen LogP contribution is -2.23. The van der Waals surface area contributed by atoms with Crippen LogP contribution in [-0.4, -0.2) is 24.9 Å². The Balaban J connectivity index is 2.26. The number of carbonyl (C=O) groups is 1. The van der Waals surface area contributed by atoms with Crippen molar-refractivity contribution >= 4 is 22.9 Å². The van der Waals surface area contributed by atoms with Gasteiger partial charge in [0.2, 0.25) is 0 Å². The van der Waals surface area contributed by atoms with Gasteiger partial charge in [0, 0.05) is 24.7 Å². The van der Waals surface area contributed by atoms with Crippen molar-refractivity contribution in [1.82, 2.24) is 4.90 Å². The summed E-state index contributed by atoms with van der Waals surface area (Å²) in [5.41, 5.74) is 2.87. The Hall–Kier alpha value is -1.81. The first-order chi connectivity index (χ1) is 9.50. The van der Waals surface area contributed by atoms with Crippen molar-refractivity contribution in [3.8, 4) is 0 Å². The van der Waals surface area contributed by atoms with E-state index in [1.54, 1.807) is 30.3 Å². The second-order valence-corrected chi connectivity index (χ2v) is 6.03. The van der Waals surface area contributed by atoms with E-state index in [-0.39, 0.29) is 11.9 Å². The third-order valence-electron chi connectivity index (χ3n) is 3.23. The van der Waals surface area contributed by atoms with Crippen LogP contribution >= 0.6 is 11.3 Å². The molecule has 1 atom stereocenters. The van der Waals surface area contributed by atoms with Crippen molar-refractivity contribution < 1.29 is 4.79 Å². The van der Waals surface area contributed by atoms with Crippen LogP contribution in [0, 0.1) is 6.92 Å². The minimum atomic E-state index is 0.0169. The molecular formula is C16H20N2OS. The van der Waals surface area contributed by atoms with E-state index in [1.807, 2.05) is 24.3 Å². The molecule has 1 heterocycles. The molecular weight excluding hydrogens is 268 g/mol. The normalized spacial score (nSPS) is 12.0. The summed E-state index contributed by atoms with van der Waals surface area (Å²) < 4.78 is 0. The predicted molar refractivity (Wildman–Crippen MR) is 85.6 cm³/mol. The van der Waals surface area contributed by atoms with E-state index in [2.05, 4.69) is 30.6 Å². The largest absolute Gasteiger partial charge is 0.377 e. The van der Waals surface area contributed by atoms with E-state index in [9.17, 15) is 4.79 Å². The highest BCUT2D eigenvalue weighted by Gasteiger charge is 2.16. The molecule has 0 aliphatic carbocycles. The number of carbonyl (C=O) groups excluding carboxylic acids is 1. The van der Waals surface area contributed by atoms with E-state index >= 15 is 0 Å². The van der Waals surface area contributed by atoms with Gasteiger partial charge in [-0.1, -0.05) is 12.1 Å². The Morgan fingerprint density at radius 3 is 2.55 bits per heavy atom. The predicted octanol–water partition coefficient (Wildman–Crippen LogP) is 3.93. The number of nitrogens with zero attached hydrogens (tertiary/aromatic N) is 1. The number of hydrogen-bond acceptors (Lipinski definition) is 3. The summed E-state index contributed by atoms with van der Waals surface area (Å²) in [6.45, 7) is 4.23. The summed E-state index contributed by atoms with van der Waals surface area (Å²) >= 11 is 1.74. The molecule has 0 saturated carbocycles. The lowest BCUT2D eigenvalue weighted by atomic mass is 10.1. The van der Waals surface area contributed by atoms with Crippen molar-refractivity contribution in [2.45, 2.75) is 19.9 Å². The Morgan fingerprint density at radius 2 is 1.95 bits per heavy atom. The van der Waals surface area contributed by atoms with Gasteiger partial charge in [0.25, 0.3) is 5.91 Å². The highest BCUT2D eigenvalue weighted by molar-refractivity contribution is 7.10. The number of amides is 1. The molecule has 0 fully saturated rings. The SMILES string of the molecule is Cc1ccsc1C(C)Nc1ccccc1C(=O)N(C)C. The highest BCUT2D eigenvalue weighted by atomic mass is 32.1. The van der Waals surface area contributed by atoms with Crippen LogP contribution < -0.4 is 5.32 Å². The molecule has 3 nitrogen and oxygen atoms in total. The summed E-state index contributed by atoms with van der Waals surface area (Å²) in [6.07, 6.45) is 0. The van der Waals surface area contributed by atoms with Gasteiger partial charge in [-0.3, -0.25) is 4.79 Å². The molecule has 1 unspecified atom stereocenters. The number of para-hydroxylation sites is 1. The molecule has 1 N–H and O–H groups in total. The fraction of sp³-hybridized carbons (Fsp3) is 0.312.